The molecule has 1 atom stereocenters. The largest absolute Gasteiger partial charge is 0.378 e. The third-order valence-corrected chi connectivity index (χ3v) is 8.78. The molecular weight excluding hydrogens is 556 g/mol. The number of anilines is 1. The Balaban J connectivity index is 1.06. The number of halogens is 2. The van der Waals surface area contributed by atoms with Gasteiger partial charge in [-0.25, -0.2) is 18.7 Å². The zero-order chi connectivity index (χ0) is 29.4. The molecule has 0 bridgehead atoms. The van der Waals surface area contributed by atoms with Crippen molar-refractivity contribution in [2.75, 3.05) is 51.0 Å². The Morgan fingerprint density at radius 1 is 0.907 bits per heavy atom. The molecule has 3 fully saturated rings. The van der Waals surface area contributed by atoms with E-state index < -0.39 is 6.43 Å². The van der Waals surface area contributed by atoms with Crippen LogP contribution in [0, 0.1) is 5.92 Å². The van der Waals surface area contributed by atoms with E-state index in [0.29, 0.717) is 74.3 Å². The fourth-order valence-electron chi connectivity index (χ4n) is 6.44. The molecule has 1 aliphatic carbocycles. The Hall–Kier alpha value is -2.73. The smallest absolute Gasteiger partial charge is 0.296 e. The van der Waals surface area contributed by atoms with Gasteiger partial charge in [-0.3, -0.25) is 4.57 Å². The number of fused-ring (bicyclic) bond motifs is 1. The maximum absolute atomic E-state index is 14.1. The van der Waals surface area contributed by atoms with Gasteiger partial charge in [-0.2, -0.15) is 4.98 Å². The van der Waals surface area contributed by atoms with Crippen LogP contribution >= 0.6 is 0 Å². The molecule has 0 spiro atoms. The lowest BCUT2D eigenvalue weighted by Crippen LogP contribution is -2.37. The molecular formula is C32H43F2N5O4. The predicted octanol–water partition coefficient (Wildman–Crippen LogP) is 6.03. The van der Waals surface area contributed by atoms with Crippen molar-refractivity contribution in [2.24, 2.45) is 5.92 Å². The van der Waals surface area contributed by atoms with Crippen molar-refractivity contribution in [1.29, 1.82) is 0 Å². The second-order valence-corrected chi connectivity index (χ2v) is 11.8. The summed E-state index contributed by atoms with van der Waals surface area (Å²) in [6.07, 6.45) is 8.12. The van der Waals surface area contributed by atoms with Gasteiger partial charge in [0, 0.05) is 31.5 Å². The number of hydrogen-bond acceptors (Lipinski definition) is 8. The summed E-state index contributed by atoms with van der Waals surface area (Å²) >= 11 is 0. The highest BCUT2D eigenvalue weighted by Gasteiger charge is 2.25. The average Bonchev–Trinajstić information content (AvgIpc) is 3.45. The Morgan fingerprint density at radius 2 is 1.72 bits per heavy atom. The minimum absolute atomic E-state index is 0.0605. The molecule has 3 aliphatic rings. The van der Waals surface area contributed by atoms with Crippen LogP contribution < -0.4 is 4.90 Å². The second-order valence-electron chi connectivity index (χ2n) is 11.8. The zero-order valence-corrected chi connectivity index (χ0v) is 24.8. The number of imidazole rings is 1. The second kappa shape index (κ2) is 14.8. The molecule has 234 valence electrons. The summed E-state index contributed by atoms with van der Waals surface area (Å²) in [6, 6.07) is 9.06. The van der Waals surface area contributed by atoms with Gasteiger partial charge in [0.2, 0.25) is 5.95 Å². The molecule has 2 aliphatic heterocycles. The van der Waals surface area contributed by atoms with E-state index >= 15 is 0 Å². The molecule has 2 aromatic heterocycles. The van der Waals surface area contributed by atoms with Crippen LogP contribution in [0.1, 0.15) is 75.7 Å². The van der Waals surface area contributed by atoms with Crippen molar-refractivity contribution in [1.82, 2.24) is 19.5 Å². The molecule has 2 saturated heterocycles. The molecule has 4 heterocycles. The van der Waals surface area contributed by atoms with Crippen molar-refractivity contribution >= 4 is 17.0 Å². The summed E-state index contributed by atoms with van der Waals surface area (Å²) in [5.74, 6) is 1.36. The highest BCUT2D eigenvalue weighted by Crippen LogP contribution is 2.31. The summed E-state index contributed by atoms with van der Waals surface area (Å²) in [6.45, 7) is 4.52. The van der Waals surface area contributed by atoms with E-state index in [2.05, 4.69) is 9.88 Å². The van der Waals surface area contributed by atoms with E-state index in [0.717, 1.165) is 70.1 Å². The standard InChI is InChI=1S/C32H43F2N5O4/c33-30(34)31-36-26-8-1-2-9-27(26)39(31)28-22-24(35-32(37-28)38-15-18-40-19-16-38)7-5-6-23-11-13-25(14-12-23)41-20-21-43-29-10-3-4-17-42-29/h1-2,8-9,22-23,25,29-30H,3-7,10-21H2. The lowest BCUT2D eigenvalue weighted by atomic mass is 9.84. The van der Waals surface area contributed by atoms with Crippen molar-refractivity contribution in [3.63, 3.8) is 0 Å². The zero-order valence-electron chi connectivity index (χ0n) is 24.8. The number of rotatable bonds is 12. The van der Waals surface area contributed by atoms with Crippen molar-refractivity contribution < 1.29 is 27.7 Å². The maximum Gasteiger partial charge on any atom is 0.296 e. The fraction of sp³-hybridized carbons (Fsp3) is 0.656. The van der Waals surface area contributed by atoms with Gasteiger partial charge < -0.3 is 23.8 Å². The molecule has 6 rings (SSSR count). The SMILES string of the molecule is FC(F)c1nc2ccccc2n1-c1cc(CCCC2CCC(OCCOC3CCCCO3)CC2)nc(N2CCOCC2)n1. The molecule has 1 saturated carbocycles. The number of para-hydroxylation sites is 2. The van der Waals surface area contributed by atoms with Crippen LogP contribution in [0.15, 0.2) is 30.3 Å². The van der Waals surface area contributed by atoms with Gasteiger partial charge >= 0.3 is 0 Å². The molecule has 9 nitrogen and oxygen atoms in total. The molecule has 0 amide bonds. The topological polar surface area (TPSA) is 83.8 Å². The lowest BCUT2D eigenvalue weighted by molar-refractivity contribution is -0.172. The predicted molar refractivity (Wildman–Crippen MR) is 159 cm³/mol. The molecule has 43 heavy (non-hydrogen) atoms. The number of benzene rings is 1. The van der Waals surface area contributed by atoms with E-state index in [-0.39, 0.29) is 12.1 Å². The molecule has 0 N–H and O–H groups in total. The minimum Gasteiger partial charge on any atom is -0.378 e. The van der Waals surface area contributed by atoms with E-state index in [1.165, 1.54) is 11.0 Å². The van der Waals surface area contributed by atoms with E-state index in [9.17, 15) is 8.78 Å². The molecule has 3 aromatic rings. The van der Waals surface area contributed by atoms with E-state index in [4.69, 9.17) is 28.9 Å². The number of hydrogen-bond donors (Lipinski definition) is 0. The third kappa shape index (κ3) is 7.87. The average molecular weight is 600 g/mol. The number of nitrogens with zero attached hydrogens (tertiary/aromatic N) is 5. The van der Waals surface area contributed by atoms with Crippen LogP contribution in [-0.2, 0) is 25.4 Å². The first-order valence-electron chi connectivity index (χ1n) is 16.0. The summed E-state index contributed by atoms with van der Waals surface area (Å²) in [5, 5.41) is 0. The Labute approximate surface area is 251 Å². The van der Waals surface area contributed by atoms with Crippen LogP contribution in [0.4, 0.5) is 14.7 Å². The van der Waals surface area contributed by atoms with Gasteiger partial charge in [0.15, 0.2) is 12.1 Å². The van der Waals surface area contributed by atoms with Gasteiger partial charge in [0.05, 0.1) is 43.6 Å². The fourth-order valence-corrected chi connectivity index (χ4v) is 6.44. The summed E-state index contributed by atoms with van der Waals surface area (Å²) in [4.78, 5) is 16.0. The van der Waals surface area contributed by atoms with Crippen molar-refractivity contribution in [2.45, 2.75) is 83.0 Å². The Kier molecular flexibility index (Phi) is 10.5. The van der Waals surface area contributed by atoms with Crippen LogP contribution in [0.25, 0.3) is 16.9 Å². The lowest BCUT2D eigenvalue weighted by Gasteiger charge is -2.29. The Bertz CT molecular complexity index is 1300. The number of aromatic nitrogens is 4. The van der Waals surface area contributed by atoms with E-state index in [1.807, 2.05) is 18.2 Å². The van der Waals surface area contributed by atoms with Gasteiger partial charge in [-0.1, -0.05) is 18.6 Å². The number of ether oxygens (including phenoxy) is 4. The van der Waals surface area contributed by atoms with Gasteiger partial charge in [0.25, 0.3) is 6.43 Å². The normalized spacial score (nSPS) is 23.3. The van der Waals surface area contributed by atoms with Gasteiger partial charge in [-0.15, -0.1) is 0 Å². The van der Waals surface area contributed by atoms with Crippen LogP contribution in [0.5, 0.6) is 0 Å². The molecule has 11 heteroatoms. The van der Waals surface area contributed by atoms with Crippen LogP contribution in [0.3, 0.4) is 0 Å². The summed E-state index contributed by atoms with van der Waals surface area (Å²) < 4.78 is 52.8. The monoisotopic (exact) mass is 599 g/mol. The maximum atomic E-state index is 14.1. The third-order valence-electron chi connectivity index (χ3n) is 8.78. The molecule has 0 radical (unpaired) electrons. The van der Waals surface area contributed by atoms with E-state index in [1.54, 1.807) is 12.1 Å². The van der Waals surface area contributed by atoms with Gasteiger partial charge in [-0.05, 0) is 75.8 Å². The van der Waals surface area contributed by atoms with Gasteiger partial charge in [0.1, 0.15) is 5.82 Å². The Morgan fingerprint density at radius 3 is 2.51 bits per heavy atom. The van der Waals surface area contributed by atoms with Crippen molar-refractivity contribution in [3.8, 4) is 5.82 Å². The quantitative estimate of drug-likeness (QED) is 0.234. The minimum atomic E-state index is -2.73. The highest BCUT2D eigenvalue weighted by molar-refractivity contribution is 5.78. The number of aryl methyl sites for hydroxylation is 1. The van der Waals surface area contributed by atoms with Crippen molar-refractivity contribution in [3.05, 3.63) is 41.9 Å². The summed E-state index contributed by atoms with van der Waals surface area (Å²) in [7, 11) is 0. The highest BCUT2D eigenvalue weighted by atomic mass is 19.3. The number of alkyl halides is 2. The summed E-state index contributed by atoms with van der Waals surface area (Å²) in [5.41, 5.74) is 2.00. The number of morpholine rings is 1. The molecule has 1 unspecified atom stereocenters. The first-order chi connectivity index (χ1) is 21.1. The van der Waals surface area contributed by atoms with Crippen LogP contribution in [-0.4, -0.2) is 78.0 Å². The van der Waals surface area contributed by atoms with Crippen LogP contribution in [0.2, 0.25) is 0 Å². The molecule has 1 aromatic carbocycles. The first-order valence-corrected chi connectivity index (χ1v) is 16.0. The first kappa shape index (κ1) is 30.3.